The van der Waals surface area contributed by atoms with E-state index in [1.165, 1.54) is 0 Å². The van der Waals surface area contributed by atoms with Crippen LogP contribution in [0.3, 0.4) is 0 Å². The molecule has 0 radical (unpaired) electrons. The van der Waals surface area contributed by atoms with Gasteiger partial charge in [-0.2, -0.15) is 0 Å². The number of benzene rings is 1. The maximum absolute atomic E-state index is 10.5. The van der Waals surface area contributed by atoms with E-state index in [9.17, 15) is 4.79 Å². The summed E-state index contributed by atoms with van der Waals surface area (Å²) in [7, 11) is 0. The summed E-state index contributed by atoms with van der Waals surface area (Å²) < 4.78 is 11.3. The van der Waals surface area contributed by atoms with E-state index in [0.29, 0.717) is 26.1 Å². The molecule has 5 nitrogen and oxygen atoms in total. The largest absolute Gasteiger partial charge is 0.486 e. The predicted molar refractivity (Wildman–Crippen MR) is 63.0 cm³/mol. The minimum absolute atomic E-state index is 0.0298. The van der Waals surface area contributed by atoms with Crippen LogP contribution in [0.5, 0.6) is 11.5 Å². The number of hydrogen-bond acceptors (Lipinski definition) is 4. The Morgan fingerprint density at radius 1 is 1.41 bits per heavy atom. The molecule has 1 aliphatic rings. The fourth-order valence-corrected chi connectivity index (χ4v) is 1.64. The molecule has 1 atom stereocenters. The second-order valence-corrected chi connectivity index (χ2v) is 3.92. The number of nitrogens with two attached hydrogens (primary N) is 1. The van der Waals surface area contributed by atoms with Crippen LogP contribution in [0.1, 0.15) is 6.42 Å². The molecule has 0 aromatic heterocycles. The van der Waals surface area contributed by atoms with Crippen molar-refractivity contribution >= 4 is 5.91 Å². The summed E-state index contributed by atoms with van der Waals surface area (Å²) in [6, 6.07) is 7.58. The molecule has 1 aliphatic heterocycles. The van der Waals surface area contributed by atoms with Gasteiger partial charge >= 0.3 is 0 Å². The average Bonchev–Trinajstić information content (AvgIpc) is 2.34. The van der Waals surface area contributed by atoms with E-state index >= 15 is 0 Å². The molecule has 0 fully saturated rings. The summed E-state index contributed by atoms with van der Waals surface area (Å²) in [5.74, 6) is 1.24. The average molecular weight is 236 g/mol. The van der Waals surface area contributed by atoms with Crippen molar-refractivity contribution in [1.82, 2.24) is 5.32 Å². The lowest BCUT2D eigenvalue weighted by atomic mass is 10.2. The lowest BCUT2D eigenvalue weighted by Crippen LogP contribution is -2.39. The van der Waals surface area contributed by atoms with Crippen molar-refractivity contribution in [2.24, 2.45) is 5.73 Å². The second kappa shape index (κ2) is 5.54. The number of rotatable bonds is 5. The highest BCUT2D eigenvalue weighted by Gasteiger charge is 2.19. The Morgan fingerprint density at radius 3 is 2.94 bits per heavy atom. The molecule has 1 amide bonds. The summed E-state index contributed by atoms with van der Waals surface area (Å²) in [4.78, 5) is 10.5. The van der Waals surface area contributed by atoms with E-state index in [1.807, 2.05) is 24.3 Å². The fraction of sp³-hybridized carbons (Fsp3) is 0.417. The lowest BCUT2D eigenvalue weighted by molar-refractivity contribution is -0.117. The smallest absolute Gasteiger partial charge is 0.218 e. The molecule has 0 spiro atoms. The molecule has 2 rings (SSSR count). The molecular formula is C12H16N2O3. The number of para-hydroxylation sites is 2. The van der Waals surface area contributed by atoms with Gasteiger partial charge in [-0.1, -0.05) is 12.1 Å². The first kappa shape index (κ1) is 11.7. The standard InChI is InChI=1S/C12H16N2O3/c13-12(15)5-6-14-7-9-8-16-10-3-1-2-4-11(10)17-9/h1-4,9,14H,5-8H2,(H2,13,15)/t9-/m0/s1. The minimum Gasteiger partial charge on any atom is -0.486 e. The van der Waals surface area contributed by atoms with Crippen LogP contribution in [-0.4, -0.2) is 31.7 Å². The number of primary amides is 1. The van der Waals surface area contributed by atoms with Crippen LogP contribution in [0.2, 0.25) is 0 Å². The molecule has 3 N–H and O–H groups in total. The first-order valence-electron chi connectivity index (χ1n) is 5.63. The molecule has 1 aromatic carbocycles. The van der Waals surface area contributed by atoms with Crippen LogP contribution < -0.4 is 20.5 Å². The van der Waals surface area contributed by atoms with Gasteiger partial charge in [0.05, 0.1) is 0 Å². The SMILES string of the molecule is NC(=O)CCNC[C@H]1COc2ccccc2O1. The Balaban J connectivity index is 1.76. The molecular weight excluding hydrogens is 220 g/mol. The molecule has 0 saturated heterocycles. The molecule has 0 saturated carbocycles. The molecule has 0 bridgehead atoms. The Morgan fingerprint density at radius 2 is 2.18 bits per heavy atom. The molecule has 0 aliphatic carbocycles. The fourth-order valence-electron chi connectivity index (χ4n) is 1.64. The van der Waals surface area contributed by atoms with E-state index in [4.69, 9.17) is 15.2 Å². The van der Waals surface area contributed by atoms with Crippen molar-refractivity contribution in [3.05, 3.63) is 24.3 Å². The number of carbonyl (C=O) groups is 1. The maximum atomic E-state index is 10.5. The van der Waals surface area contributed by atoms with Crippen LogP contribution in [0.4, 0.5) is 0 Å². The number of ether oxygens (including phenoxy) is 2. The quantitative estimate of drug-likeness (QED) is 0.721. The number of nitrogens with one attached hydrogen (secondary N) is 1. The molecule has 17 heavy (non-hydrogen) atoms. The number of amides is 1. The van der Waals surface area contributed by atoms with Gasteiger partial charge in [-0.3, -0.25) is 4.79 Å². The third kappa shape index (κ3) is 3.35. The summed E-state index contributed by atoms with van der Waals surface area (Å²) in [6.07, 6.45) is 0.308. The van der Waals surface area contributed by atoms with Crippen LogP contribution in [0, 0.1) is 0 Å². The summed E-state index contributed by atoms with van der Waals surface area (Å²) in [5, 5.41) is 3.11. The van der Waals surface area contributed by atoms with Crippen molar-refractivity contribution in [2.45, 2.75) is 12.5 Å². The summed E-state index contributed by atoms with van der Waals surface area (Å²) in [6.45, 7) is 1.72. The van der Waals surface area contributed by atoms with Gasteiger partial charge in [0.1, 0.15) is 12.7 Å². The topological polar surface area (TPSA) is 73.6 Å². The zero-order valence-electron chi connectivity index (χ0n) is 9.52. The summed E-state index contributed by atoms with van der Waals surface area (Å²) in [5.41, 5.74) is 5.04. The Labute approximate surface area is 99.9 Å². The normalized spacial score (nSPS) is 17.8. The monoisotopic (exact) mass is 236 g/mol. The van der Waals surface area contributed by atoms with E-state index in [0.717, 1.165) is 11.5 Å². The van der Waals surface area contributed by atoms with Crippen molar-refractivity contribution < 1.29 is 14.3 Å². The third-order valence-electron chi connectivity index (χ3n) is 2.49. The molecule has 92 valence electrons. The number of fused-ring (bicyclic) bond motifs is 1. The van der Waals surface area contributed by atoms with Gasteiger partial charge in [-0.25, -0.2) is 0 Å². The van der Waals surface area contributed by atoms with Gasteiger partial charge in [0.2, 0.25) is 5.91 Å². The number of carbonyl (C=O) groups excluding carboxylic acids is 1. The van der Waals surface area contributed by atoms with Gasteiger partial charge in [-0.05, 0) is 12.1 Å². The van der Waals surface area contributed by atoms with Gasteiger partial charge in [0, 0.05) is 19.5 Å². The lowest BCUT2D eigenvalue weighted by Gasteiger charge is -2.26. The first-order valence-corrected chi connectivity index (χ1v) is 5.63. The zero-order valence-corrected chi connectivity index (χ0v) is 9.52. The predicted octanol–water partition coefficient (Wildman–Crippen LogP) is 0.291. The summed E-state index contributed by atoms with van der Waals surface area (Å²) >= 11 is 0. The highest BCUT2D eigenvalue weighted by molar-refractivity contribution is 5.73. The van der Waals surface area contributed by atoms with Crippen LogP contribution >= 0.6 is 0 Å². The van der Waals surface area contributed by atoms with Gasteiger partial charge in [-0.15, -0.1) is 0 Å². The van der Waals surface area contributed by atoms with E-state index < -0.39 is 0 Å². The highest BCUT2D eigenvalue weighted by atomic mass is 16.6. The highest BCUT2D eigenvalue weighted by Crippen LogP contribution is 2.30. The van der Waals surface area contributed by atoms with Crippen LogP contribution in [-0.2, 0) is 4.79 Å². The van der Waals surface area contributed by atoms with E-state index in [-0.39, 0.29) is 12.0 Å². The van der Waals surface area contributed by atoms with Crippen LogP contribution in [0.15, 0.2) is 24.3 Å². The zero-order chi connectivity index (χ0) is 12.1. The Kier molecular flexibility index (Phi) is 3.82. The van der Waals surface area contributed by atoms with Gasteiger partial charge < -0.3 is 20.5 Å². The number of hydrogen-bond donors (Lipinski definition) is 2. The van der Waals surface area contributed by atoms with Gasteiger partial charge in [0.15, 0.2) is 11.5 Å². The molecule has 1 heterocycles. The maximum Gasteiger partial charge on any atom is 0.218 e. The van der Waals surface area contributed by atoms with Crippen molar-refractivity contribution in [3.63, 3.8) is 0 Å². The van der Waals surface area contributed by atoms with Crippen LogP contribution in [0.25, 0.3) is 0 Å². The van der Waals surface area contributed by atoms with Gasteiger partial charge in [0.25, 0.3) is 0 Å². The van der Waals surface area contributed by atoms with Crippen molar-refractivity contribution in [2.75, 3.05) is 19.7 Å². The molecule has 1 aromatic rings. The van der Waals surface area contributed by atoms with E-state index in [1.54, 1.807) is 0 Å². The second-order valence-electron chi connectivity index (χ2n) is 3.92. The Bertz CT molecular complexity index is 395. The van der Waals surface area contributed by atoms with E-state index in [2.05, 4.69) is 5.32 Å². The first-order chi connectivity index (χ1) is 8.25. The van der Waals surface area contributed by atoms with Crippen molar-refractivity contribution in [1.29, 1.82) is 0 Å². The Hall–Kier alpha value is -1.75. The minimum atomic E-state index is -0.302. The van der Waals surface area contributed by atoms with Crippen molar-refractivity contribution in [3.8, 4) is 11.5 Å². The third-order valence-corrected chi connectivity index (χ3v) is 2.49. The molecule has 5 heteroatoms. The molecule has 0 unspecified atom stereocenters.